The fourth-order valence-corrected chi connectivity index (χ4v) is 3.29. The van der Waals surface area contributed by atoms with Gasteiger partial charge in [-0.1, -0.05) is 19.1 Å². The Morgan fingerprint density at radius 1 is 1.00 bits per heavy atom. The van der Waals surface area contributed by atoms with Crippen LogP contribution < -0.4 is 0 Å². The van der Waals surface area contributed by atoms with Crippen molar-refractivity contribution in [3.63, 3.8) is 0 Å². The number of benzene rings is 1. The summed E-state index contributed by atoms with van der Waals surface area (Å²) in [5, 5.41) is 0. The number of hydrogen-bond donors (Lipinski definition) is 0. The highest BCUT2D eigenvalue weighted by Crippen LogP contribution is 2.40. The number of alkyl halides is 3. The lowest BCUT2D eigenvalue weighted by molar-refractivity contribution is -0.142. The van der Waals surface area contributed by atoms with Gasteiger partial charge in [-0.15, -0.1) is 0 Å². The molecule has 1 aliphatic carbocycles. The van der Waals surface area contributed by atoms with Gasteiger partial charge in [0.15, 0.2) is 0 Å². The van der Waals surface area contributed by atoms with Crippen molar-refractivity contribution in [2.45, 2.75) is 57.5 Å². The van der Waals surface area contributed by atoms with E-state index in [2.05, 4.69) is 19.1 Å². The third kappa shape index (κ3) is 4.55. The number of allylic oxidation sites excluding steroid dienone is 2. The molecule has 0 radical (unpaired) electrons. The second-order valence-electron chi connectivity index (χ2n) is 6.19. The summed E-state index contributed by atoms with van der Waals surface area (Å²) < 4.78 is 65.1. The first-order chi connectivity index (χ1) is 10.8. The van der Waals surface area contributed by atoms with Gasteiger partial charge < -0.3 is 0 Å². The molecule has 0 bridgehead atoms. The van der Waals surface area contributed by atoms with E-state index < -0.39 is 23.4 Å². The normalized spacial score (nSPS) is 22.7. The van der Waals surface area contributed by atoms with E-state index in [1.807, 2.05) is 0 Å². The first kappa shape index (κ1) is 18.0. The van der Waals surface area contributed by atoms with E-state index in [4.69, 9.17) is 0 Å². The third-order valence-electron chi connectivity index (χ3n) is 4.54. The van der Waals surface area contributed by atoms with E-state index in [1.54, 1.807) is 0 Å². The number of rotatable bonds is 4. The molecule has 0 aromatic heterocycles. The molecule has 0 heterocycles. The predicted octanol–water partition coefficient (Wildman–Crippen LogP) is 6.61. The zero-order valence-corrected chi connectivity index (χ0v) is 13.1. The Morgan fingerprint density at radius 3 is 2.04 bits per heavy atom. The van der Waals surface area contributed by atoms with E-state index in [0.29, 0.717) is 11.5 Å². The standard InChI is InChI=1S/C18H21F5/c1-2-3-4-5-12-6-8-13(9-7-12)14-10-15(19)17(16(20)11-14)18(21,22)23/h3-4,10-13H,2,5-9H2,1H3/t12-,13-. The average molecular weight is 332 g/mol. The smallest absolute Gasteiger partial charge is 0.206 e. The second kappa shape index (κ2) is 7.45. The molecular formula is C18H21F5. The molecule has 2 rings (SSSR count). The number of halogens is 5. The zero-order valence-electron chi connectivity index (χ0n) is 13.1. The summed E-state index contributed by atoms with van der Waals surface area (Å²) in [6.07, 6.45) is 4.65. The first-order valence-corrected chi connectivity index (χ1v) is 8.04. The molecule has 0 saturated heterocycles. The van der Waals surface area contributed by atoms with Crippen LogP contribution in [0.1, 0.15) is 62.5 Å². The molecule has 1 aliphatic rings. The van der Waals surface area contributed by atoms with Gasteiger partial charge in [-0.25, -0.2) is 8.78 Å². The summed E-state index contributed by atoms with van der Waals surface area (Å²) in [6, 6.07) is 1.71. The fraction of sp³-hybridized carbons (Fsp3) is 0.556. The molecule has 0 unspecified atom stereocenters. The molecular weight excluding hydrogens is 311 g/mol. The van der Waals surface area contributed by atoms with Gasteiger partial charge in [0, 0.05) is 0 Å². The SMILES string of the molecule is CCC=CC[C@H]1CC[C@H](c2cc(F)c(C(F)(F)F)c(F)c2)CC1. The lowest BCUT2D eigenvalue weighted by Crippen LogP contribution is -2.16. The summed E-state index contributed by atoms with van der Waals surface area (Å²) in [6.45, 7) is 2.07. The van der Waals surface area contributed by atoms with E-state index in [-0.39, 0.29) is 5.92 Å². The van der Waals surface area contributed by atoms with Crippen molar-refractivity contribution >= 4 is 0 Å². The molecule has 1 aromatic rings. The Labute approximate surface area is 133 Å². The zero-order chi connectivity index (χ0) is 17.0. The second-order valence-corrected chi connectivity index (χ2v) is 6.19. The van der Waals surface area contributed by atoms with Gasteiger partial charge in [0.2, 0.25) is 0 Å². The number of hydrogen-bond acceptors (Lipinski definition) is 0. The maximum atomic E-state index is 13.7. The molecule has 0 spiro atoms. The quantitative estimate of drug-likeness (QED) is 0.430. The van der Waals surface area contributed by atoms with Crippen LogP contribution in [0.4, 0.5) is 22.0 Å². The Balaban J connectivity index is 2.06. The molecule has 0 amide bonds. The van der Waals surface area contributed by atoms with Gasteiger partial charge in [-0.2, -0.15) is 13.2 Å². The van der Waals surface area contributed by atoms with Crippen LogP contribution in [0.2, 0.25) is 0 Å². The van der Waals surface area contributed by atoms with Crippen molar-refractivity contribution in [1.82, 2.24) is 0 Å². The van der Waals surface area contributed by atoms with Crippen LogP contribution in [-0.4, -0.2) is 0 Å². The minimum Gasteiger partial charge on any atom is -0.206 e. The van der Waals surface area contributed by atoms with Crippen LogP contribution in [0.25, 0.3) is 0 Å². The molecule has 5 heteroatoms. The fourth-order valence-electron chi connectivity index (χ4n) is 3.29. The molecule has 1 aromatic carbocycles. The molecule has 0 nitrogen and oxygen atoms in total. The van der Waals surface area contributed by atoms with Gasteiger partial charge in [0.1, 0.15) is 17.2 Å². The van der Waals surface area contributed by atoms with E-state index in [0.717, 1.165) is 50.7 Å². The summed E-state index contributed by atoms with van der Waals surface area (Å²) >= 11 is 0. The molecule has 1 saturated carbocycles. The van der Waals surface area contributed by atoms with Crippen molar-refractivity contribution in [1.29, 1.82) is 0 Å². The molecule has 1 fully saturated rings. The Morgan fingerprint density at radius 2 is 1.57 bits per heavy atom. The highest BCUT2D eigenvalue weighted by Gasteiger charge is 2.38. The van der Waals surface area contributed by atoms with Gasteiger partial charge in [-0.05, 0) is 68.1 Å². The summed E-state index contributed by atoms with van der Waals surface area (Å²) in [7, 11) is 0. The summed E-state index contributed by atoms with van der Waals surface area (Å²) in [5.41, 5.74) is -1.45. The van der Waals surface area contributed by atoms with Crippen LogP contribution in [0.3, 0.4) is 0 Å². The van der Waals surface area contributed by atoms with Gasteiger partial charge in [0.25, 0.3) is 0 Å². The van der Waals surface area contributed by atoms with Crippen molar-refractivity contribution in [2.75, 3.05) is 0 Å². The van der Waals surface area contributed by atoms with E-state index >= 15 is 0 Å². The van der Waals surface area contributed by atoms with E-state index in [9.17, 15) is 22.0 Å². The summed E-state index contributed by atoms with van der Waals surface area (Å²) in [4.78, 5) is 0. The molecule has 0 N–H and O–H groups in total. The average Bonchev–Trinajstić information content (AvgIpc) is 2.46. The maximum absolute atomic E-state index is 13.7. The van der Waals surface area contributed by atoms with Gasteiger partial charge >= 0.3 is 6.18 Å². The van der Waals surface area contributed by atoms with Crippen molar-refractivity contribution in [3.8, 4) is 0 Å². The van der Waals surface area contributed by atoms with Crippen LogP contribution in [0, 0.1) is 17.6 Å². The molecule has 0 atom stereocenters. The largest absolute Gasteiger partial charge is 0.422 e. The van der Waals surface area contributed by atoms with Crippen LogP contribution >= 0.6 is 0 Å². The van der Waals surface area contributed by atoms with Crippen molar-refractivity contribution in [2.24, 2.45) is 5.92 Å². The third-order valence-corrected chi connectivity index (χ3v) is 4.54. The van der Waals surface area contributed by atoms with Crippen molar-refractivity contribution in [3.05, 3.63) is 47.0 Å². The molecule has 0 aliphatic heterocycles. The minimum atomic E-state index is -5.00. The van der Waals surface area contributed by atoms with Gasteiger partial charge in [-0.3, -0.25) is 0 Å². The Bertz CT molecular complexity index is 528. The lowest BCUT2D eigenvalue weighted by Gasteiger charge is -2.28. The highest BCUT2D eigenvalue weighted by molar-refractivity contribution is 5.30. The maximum Gasteiger partial charge on any atom is 0.422 e. The molecule has 128 valence electrons. The topological polar surface area (TPSA) is 0 Å². The van der Waals surface area contributed by atoms with Crippen LogP contribution in [0.15, 0.2) is 24.3 Å². The van der Waals surface area contributed by atoms with Crippen LogP contribution in [-0.2, 0) is 6.18 Å². The Hall–Kier alpha value is -1.39. The first-order valence-electron chi connectivity index (χ1n) is 8.04. The molecule has 23 heavy (non-hydrogen) atoms. The highest BCUT2D eigenvalue weighted by atomic mass is 19.4. The van der Waals surface area contributed by atoms with Gasteiger partial charge in [0.05, 0.1) is 0 Å². The summed E-state index contributed by atoms with van der Waals surface area (Å²) in [5.74, 6) is -2.54. The lowest BCUT2D eigenvalue weighted by atomic mass is 9.77. The minimum absolute atomic E-state index is 0.0623. The monoisotopic (exact) mass is 332 g/mol. The van der Waals surface area contributed by atoms with Crippen molar-refractivity contribution < 1.29 is 22.0 Å². The predicted molar refractivity (Wildman–Crippen MR) is 80.1 cm³/mol. The van der Waals surface area contributed by atoms with Crippen LogP contribution in [0.5, 0.6) is 0 Å². The Kier molecular flexibility index (Phi) is 5.82. The van der Waals surface area contributed by atoms with E-state index in [1.165, 1.54) is 0 Å².